The zero-order valence-electron chi connectivity index (χ0n) is 52.7. The van der Waals surface area contributed by atoms with E-state index in [1.807, 2.05) is 0 Å². The molecule has 0 unspecified atom stereocenters. The number of hydrogen-bond acceptors (Lipinski definition) is 7. The van der Waals surface area contributed by atoms with Gasteiger partial charge in [0, 0.05) is 0 Å². The van der Waals surface area contributed by atoms with Crippen molar-refractivity contribution in [1.29, 1.82) is 0 Å². The topological polar surface area (TPSA) is 64.6 Å². The van der Waals surface area contributed by atoms with Crippen LogP contribution < -0.4 is 21.9 Å². The molecular weight excluding hydrogens is 1040 g/mol. The Balaban J connectivity index is 1.02. The van der Waals surface area contributed by atoms with Gasteiger partial charge in [-0.15, -0.1) is 0 Å². The molecule has 1 aliphatic carbocycles. The molecule has 0 saturated carbocycles. The molecule has 4 aliphatic heterocycles. The van der Waals surface area contributed by atoms with Gasteiger partial charge in [-0.2, -0.15) is 0 Å². The Labute approximate surface area is 507 Å². The number of benzene rings is 8. The Bertz CT molecular complexity index is 3370. The summed E-state index contributed by atoms with van der Waals surface area (Å²) < 4.78 is 46.2. The Morgan fingerprint density at radius 2 is 0.541 bits per heavy atom. The molecule has 4 heterocycles. The van der Waals surface area contributed by atoms with Gasteiger partial charge in [-0.1, -0.05) is 159 Å². The summed E-state index contributed by atoms with van der Waals surface area (Å²) in [7, 11) is -1.44. The highest BCUT2D eigenvalue weighted by molar-refractivity contribution is 6.68. The first kappa shape index (κ1) is 57.8. The van der Waals surface area contributed by atoms with E-state index >= 15 is 0 Å². The second-order valence-electron chi connectivity index (χ2n) is 28.9. The first-order valence-corrected chi connectivity index (χ1v) is 30.6. The highest BCUT2D eigenvalue weighted by Gasteiger charge is 2.55. The van der Waals surface area contributed by atoms with Crippen LogP contribution in [0.3, 0.4) is 0 Å². The van der Waals surface area contributed by atoms with Crippen LogP contribution in [0.5, 0.6) is 0 Å². The van der Waals surface area contributed by atoms with Crippen LogP contribution in [0, 0.1) is 5.41 Å². The first-order chi connectivity index (χ1) is 40.0. The Hall–Kier alpha value is -6.26. The summed E-state index contributed by atoms with van der Waals surface area (Å²) >= 11 is 0. The normalized spacial score (nSPS) is 21.3. The fourth-order valence-electron chi connectivity index (χ4n) is 13.2. The van der Waals surface area contributed by atoms with E-state index in [1.165, 1.54) is 27.7 Å². The van der Waals surface area contributed by atoms with Crippen LogP contribution in [0.1, 0.15) is 133 Å². The van der Waals surface area contributed by atoms with Crippen LogP contribution in [-0.2, 0) is 38.0 Å². The lowest BCUT2D eigenvalue weighted by atomic mass is 9.54. The van der Waals surface area contributed by atoms with E-state index in [0.717, 1.165) is 78.3 Å². The molecule has 4 saturated heterocycles. The van der Waals surface area contributed by atoms with Crippen LogP contribution in [0.25, 0.3) is 55.6 Å². The third-order valence-corrected chi connectivity index (χ3v) is 21.4. The highest BCUT2D eigenvalue weighted by Crippen LogP contribution is 2.58. The molecule has 430 valence electrons. The zero-order chi connectivity index (χ0) is 60.1. The minimum Gasteiger partial charge on any atom is -0.426 e. The Morgan fingerprint density at radius 1 is 0.271 bits per heavy atom. The summed E-state index contributed by atoms with van der Waals surface area (Å²) in [6, 6.07) is 68.1. The molecule has 13 rings (SSSR count). The molecular formula is C74H80B4O7. The standard InChI is InChI=1S/C74H80B4O7/c1-66(2)47-75(79-67(66,3)4)58-33-25-48(26-34-58)52-41-53(49-27-35-59(36-28-49)76-80-68(5,6)69(7,8)81-76)44-56(43-52)74(64-23-19-17-21-62(64)63-22-18-20-24-65(63)74)57-45-54(50-29-37-60(38-30-50)77-82-70(9,10)71(11,12)83-77)42-55(46-57)51-31-39-61(40-32-51)78-84-72(13,14)73(15,16)85-78/h17-46H,47H2,1-16H3. The van der Waals surface area contributed by atoms with Gasteiger partial charge in [-0.3, -0.25) is 0 Å². The second kappa shape index (κ2) is 19.9. The summed E-state index contributed by atoms with van der Waals surface area (Å²) in [4.78, 5) is 0. The van der Waals surface area contributed by atoms with Gasteiger partial charge in [0.2, 0.25) is 0 Å². The molecule has 0 atom stereocenters. The molecule has 0 aromatic heterocycles. The average molecular weight is 1120 g/mol. The smallest absolute Gasteiger partial charge is 0.426 e. The van der Waals surface area contributed by atoms with Crippen LogP contribution in [0.15, 0.2) is 182 Å². The zero-order valence-corrected chi connectivity index (χ0v) is 52.7. The third kappa shape index (κ3) is 9.58. The predicted octanol–water partition coefficient (Wildman–Crippen LogP) is 14.6. The minimum absolute atomic E-state index is 0.0134. The monoisotopic (exact) mass is 1120 g/mol. The molecule has 85 heavy (non-hydrogen) atoms. The molecule has 11 heteroatoms. The average Bonchev–Trinajstić information content (AvgIpc) is 1.63. The van der Waals surface area contributed by atoms with E-state index < -0.39 is 60.4 Å². The van der Waals surface area contributed by atoms with Crippen molar-refractivity contribution in [3.8, 4) is 55.6 Å². The van der Waals surface area contributed by atoms with Crippen LogP contribution >= 0.6 is 0 Å². The maximum atomic E-state index is 6.79. The highest BCUT2D eigenvalue weighted by atomic mass is 16.7. The van der Waals surface area contributed by atoms with E-state index in [-0.39, 0.29) is 17.9 Å². The minimum atomic E-state index is -0.800. The summed E-state index contributed by atoms with van der Waals surface area (Å²) in [5, 5.41) is 0. The Morgan fingerprint density at radius 3 is 0.812 bits per heavy atom. The molecule has 8 aromatic rings. The van der Waals surface area contributed by atoms with Crippen molar-refractivity contribution in [3.63, 3.8) is 0 Å². The van der Waals surface area contributed by atoms with Gasteiger partial charge < -0.3 is 32.6 Å². The van der Waals surface area contributed by atoms with E-state index in [1.54, 1.807) is 0 Å². The predicted molar refractivity (Wildman–Crippen MR) is 352 cm³/mol. The fraction of sp³-hybridized carbons (Fsp3) is 0.351. The fourth-order valence-corrected chi connectivity index (χ4v) is 13.2. The summed E-state index contributed by atoms with van der Waals surface area (Å²) in [5.74, 6) is 0. The van der Waals surface area contributed by atoms with Gasteiger partial charge in [-0.25, -0.2) is 0 Å². The maximum absolute atomic E-state index is 6.79. The van der Waals surface area contributed by atoms with Crippen LogP contribution in [0.2, 0.25) is 6.32 Å². The van der Waals surface area contributed by atoms with Crippen molar-refractivity contribution < 1.29 is 32.6 Å². The molecule has 4 fully saturated rings. The molecule has 8 aromatic carbocycles. The third-order valence-electron chi connectivity index (χ3n) is 21.4. The van der Waals surface area contributed by atoms with Crippen LogP contribution in [-0.4, -0.2) is 67.5 Å². The van der Waals surface area contributed by atoms with Crippen LogP contribution in [0.4, 0.5) is 0 Å². The summed E-state index contributed by atoms with van der Waals surface area (Å²) in [5.41, 5.74) is 16.4. The molecule has 0 bridgehead atoms. The first-order valence-electron chi connectivity index (χ1n) is 30.6. The molecule has 7 nitrogen and oxygen atoms in total. The molecule has 0 amide bonds. The van der Waals surface area contributed by atoms with E-state index in [4.69, 9.17) is 32.6 Å². The number of hydrogen-bond donors (Lipinski definition) is 0. The van der Waals surface area contributed by atoms with Crippen molar-refractivity contribution in [2.24, 2.45) is 5.41 Å². The maximum Gasteiger partial charge on any atom is 0.494 e. The quantitative estimate of drug-likeness (QED) is 0.126. The van der Waals surface area contributed by atoms with Gasteiger partial charge in [0.15, 0.2) is 0 Å². The molecule has 0 spiro atoms. The SMILES string of the molecule is CC1(C)CB(c2ccc(-c3cc(-c4ccc(B5OC(C)(C)C(C)(C)O5)cc4)cc(C4(c5cc(-c6ccc(B7OC(C)(C)C(C)(C)O7)cc6)cc(-c6ccc(B7OC(C)(C)C(C)(C)O7)cc6)c5)c5ccccc5-c5ccccc54)c3)cc2)OC1(C)C. The Kier molecular flexibility index (Phi) is 13.5. The van der Waals surface area contributed by atoms with E-state index in [9.17, 15) is 0 Å². The van der Waals surface area contributed by atoms with Gasteiger partial charge in [-0.05, 0) is 245 Å². The lowest BCUT2D eigenvalue weighted by Crippen LogP contribution is -2.41. The lowest BCUT2D eigenvalue weighted by molar-refractivity contribution is 0.00578. The van der Waals surface area contributed by atoms with Crippen molar-refractivity contribution in [1.82, 2.24) is 0 Å². The molecule has 0 radical (unpaired) electrons. The van der Waals surface area contributed by atoms with Gasteiger partial charge >= 0.3 is 28.3 Å². The van der Waals surface area contributed by atoms with Crippen molar-refractivity contribution in [2.45, 2.75) is 162 Å². The number of rotatable bonds is 10. The van der Waals surface area contributed by atoms with Gasteiger partial charge in [0.05, 0.1) is 44.6 Å². The van der Waals surface area contributed by atoms with Crippen molar-refractivity contribution in [3.05, 3.63) is 204 Å². The van der Waals surface area contributed by atoms with Gasteiger partial charge in [0.25, 0.3) is 0 Å². The molecule has 5 aliphatic rings. The molecule has 0 N–H and O–H groups in total. The van der Waals surface area contributed by atoms with E-state index in [2.05, 4.69) is 293 Å². The number of fused-ring (bicyclic) bond motifs is 3. The second-order valence-corrected chi connectivity index (χ2v) is 28.9. The van der Waals surface area contributed by atoms with Crippen molar-refractivity contribution in [2.75, 3.05) is 0 Å². The largest absolute Gasteiger partial charge is 0.494 e. The van der Waals surface area contributed by atoms with E-state index in [0.29, 0.717) is 0 Å². The summed E-state index contributed by atoms with van der Waals surface area (Å²) in [6.45, 7) is 34.4. The van der Waals surface area contributed by atoms with Crippen molar-refractivity contribution >= 4 is 50.1 Å². The van der Waals surface area contributed by atoms with Gasteiger partial charge in [0.1, 0.15) is 0 Å². The summed E-state index contributed by atoms with van der Waals surface area (Å²) in [6.07, 6.45) is 0.956. The lowest BCUT2D eigenvalue weighted by Gasteiger charge is -2.35.